The molecule has 1 aliphatic rings. The van der Waals surface area contributed by atoms with Crippen molar-refractivity contribution in [2.24, 2.45) is 14.1 Å². The number of hydrogen-bond acceptors (Lipinski definition) is 16. The first-order valence-electron chi connectivity index (χ1n) is 25.6. The van der Waals surface area contributed by atoms with Gasteiger partial charge in [-0.15, -0.1) is 22.7 Å². The van der Waals surface area contributed by atoms with Crippen molar-refractivity contribution in [3.05, 3.63) is 195 Å². The van der Waals surface area contributed by atoms with E-state index in [1.54, 1.807) is 48.0 Å². The highest BCUT2D eigenvalue weighted by Crippen LogP contribution is 2.37. The Balaban J connectivity index is 0.000000136. The Morgan fingerprint density at radius 1 is 0.588 bits per heavy atom. The summed E-state index contributed by atoms with van der Waals surface area (Å²) in [7, 11) is 3.45. The Morgan fingerprint density at radius 2 is 1.07 bits per heavy atom. The Bertz CT molecular complexity index is 4320. The van der Waals surface area contributed by atoms with Gasteiger partial charge in [0.2, 0.25) is 0 Å². The monoisotopic (exact) mass is 1120 g/mol. The minimum Gasteiger partial charge on any atom is -0.399 e. The highest BCUT2D eigenvalue weighted by atomic mass is 35.5. The number of nitrogens with zero attached hydrogens (tertiary/aromatic N) is 12. The van der Waals surface area contributed by atoms with Crippen LogP contribution in [0.15, 0.2) is 167 Å². The Morgan fingerprint density at radius 3 is 1.57 bits per heavy atom. The molecule has 1 aliphatic heterocycles. The van der Waals surface area contributed by atoms with Crippen molar-refractivity contribution in [1.29, 1.82) is 0 Å². The van der Waals surface area contributed by atoms with Crippen molar-refractivity contribution in [1.82, 2.24) is 58.6 Å². The summed E-state index contributed by atoms with van der Waals surface area (Å²) < 4.78 is 18.7. The SMILES string of the molecule is C[C@H](Nc1ncnc2scnc12)c1cc2cccc(-c3cnn(C)c3)c2c(=O)n1-c1ccccc1.C[C@H](Nc1ncnc2scnc12)c1cc2cccc(Cl)c2c(=O)n1-c1ccccc1.Cn1cc(B2OC(C)(C)C(C)(C)O2)cn1. The lowest BCUT2D eigenvalue weighted by Crippen LogP contribution is -2.41. The third-order valence-corrected chi connectivity index (χ3v) is 16.0. The molecule has 2 N–H and O–H groups in total. The summed E-state index contributed by atoms with van der Waals surface area (Å²) in [5, 5.41) is 18.5. The standard InChI is InChI=1S/C26H21N7OS.C22H16ClN5OS.C10H17BN2O2/c1-16(31-24-23-25(28-14-27-24)35-15-29-23)21-11-17-7-6-10-20(18-12-30-32(2)13-18)22(17)26(34)33(21)19-8-4-3-5-9-19;1-13(27-20-19-21(25-11-24-20)30-12-26-19)17-10-14-6-5-9-16(23)18(14)22(29)28(17)15-7-3-2-4-8-15;1-9(2)10(3,4)15-11(14-9)8-6-12-13(5)7-8/h3-16H,1-2H3,(H,27,28,31);2-13H,1H3,(H,24,25,27);6-7H,1-5H3/t16-;13-;/m00./s1. The van der Waals surface area contributed by atoms with Crippen LogP contribution in [0.25, 0.3) is 64.7 Å². The summed E-state index contributed by atoms with van der Waals surface area (Å²) in [5.74, 6) is 1.27. The second-order valence-corrected chi connectivity index (χ2v) is 22.3. The van der Waals surface area contributed by atoms with Crippen LogP contribution in [0.5, 0.6) is 0 Å². The topological polar surface area (TPSA) is 200 Å². The van der Waals surface area contributed by atoms with Gasteiger partial charge in [0.05, 0.1) is 56.3 Å². The fourth-order valence-electron chi connectivity index (χ4n) is 9.55. The number of hydrogen-bond donors (Lipinski definition) is 2. The number of aromatic nitrogens is 12. The summed E-state index contributed by atoms with van der Waals surface area (Å²) in [5.41, 5.74) is 10.0. The summed E-state index contributed by atoms with van der Waals surface area (Å²) in [6.07, 6.45) is 10.4. The van der Waals surface area contributed by atoms with Crippen LogP contribution >= 0.6 is 34.3 Å². The molecule has 1 saturated heterocycles. The lowest BCUT2D eigenvalue weighted by Gasteiger charge is -2.32. The van der Waals surface area contributed by atoms with Gasteiger partial charge in [0.15, 0.2) is 11.6 Å². The van der Waals surface area contributed by atoms with Crippen LogP contribution in [-0.4, -0.2) is 76.9 Å². The minimum absolute atomic E-state index is 0.0849. The first-order valence-corrected chi connectivity index (χ1v) is 27.8. The van der Waals surface area contributed by atoms with Gasteiger partial charge in [-0.25, -0.2) is 29.9 Å². The number of benzene rings is 4. The molecule has 402 valence electrons. The zero-order chi connectivity index (χ0) is 55.9. The zero-order valence-corrected chi connectivity index (χ0v) is 47.3. The fraction of sp³-hybridized carbons (Fsp3) is 0.207. The van der Waals surface area contributed by atoms with Gasteiger partial charge in [-0.1, -0.05) is 78.3 Å². The maximum absolute atomic E-state index is 14.2. The molecule has 18 nitrogen and oxygen atoms in total. The van der Waals surface area contributed by atoms with Gasteiger partial charge in [0, 0.05) is 66.5 Å². The molecule has 9 heterocycles. The summed E-state index contributed by atoms with van der Waals surface area (Å²) >= 11 is 9.31. The number of nitrogens with one attached hydrogen (secondary N) is 2. The molecule has 2 atom stereocenters. The van der Waals surface area contributed by atoms with E-state index in [0.717, 1.165) is 65.3 Å². The Labute approximate surface area is 472 Å². The van der Waals surface area contributed by atoms with Crippen LogP contribution in [0.4, 0.5) is 11.6 Å². The van der Waals surface area contributed by atoms with Crippen molar-refractivity contribution >= 4 is 101 Å². The molecule has 0 saturated carbocycles. The van der Waals surface area contributed by atoms with E-state index in [1.807, 2.05) is 165 Å². The number of thiazole rings is 2. The van der Waals surface area contributed by atoms with Gasteiger partial charge in [-0.2, -0.15) is 10.2 Å². The maximum atomic E-state index is 14.2. The number of para-hydroxylation sites is 2. The zero-order valence-electron chi connectivity index (χ0n) is 44.9. The first-order chi connectivity index (χ1) is 38.5. The van der Waals surface area contributed by atoms with E-state index in [9.17, 15) is 9.59 Å². The van der Waals surface area contributed by atoms with Gasteiger partial charge >= 0.3 is 7.12 Å². The van der Waals surface area contributed by atoms with Crippen LogP contribution in [0.2, 0.25) is 5.02 Å². The molecule has 0 radical (unpaired) electrons. The summed E-state index contributed by atoms with van der Waals surface area (Å²) in [6, 6.07) is 34.2. The molecule has 4 aromatic carbocycles. The van der Waals surface area contributed by atoms with Crippen molar-refractivity contribution < 1.29 is 9.31 Å². The number of halogens is 1. The van der Waals surface area contributed by atoms with Crippen molar-refractivity contribution in [2.45, 2.75) is 64.8 Å². The van der Waals surface area contributed by atoms with Gasteiger partial charge in [-0.3, -0.25) is 28.1 Å². The molecule has 13 rings (SSSR count). The third-order valence-electron chi connectivity index (χ3n) is 14.3. The van der Waals surface area contributed by atoms with E-state index < -0.39 is 0 Å². The average Bonchev–Trinajstić information content (AvgIpc) is 4.35. The quantitative estimate of drug-likeness (QED) is 0.123. The first kappa shape index (κ1) is 53.5. The van der Waals surface area contributed by atoms with E-state index in [-0.39, 0.29) is 41.5 Å². The van der Waals surface area contributed by atoms with E-state index in [1.165, 1.54) is 35.3 Å². The Kier molecular flexibility index (Phi) is 14.7. The van der Waals surface area contributed by atoms with Gasteiger partial charge in [0.1, 0.15) is 33.3 Å². The van der Waals surface area contributed by atoms with Crippen LogP contribution < -0.4 is 27.2 Å². The van der Waals surface area contributed by atoms with Crippen molar-refractivity contribution in [3.8, 4) is 22.5 Å². The normalized spacial score (nSPS) is 14.4. The van der Waals surface area contributed by atoms with Crippen LogP contribution in [0.1, 0.15) is 65.0 Å². The molecule has 12 aromatic rings. The minimum atomic E-state index is -0.302. The number of rotatable bonds is 10. The molecule has 80 heavy (non-hydrogen) atoms. The Hall–Kier alpha value is -8.47. The molecule has 0 spiro atoms. The third kappa shape index (κ3) is 10.5. The average molecular weight is 1120 g/mol. The van der Waals surface area contributed by atoms with Crippen molar-refractivity contribution in [2.75, 3.05) is 10.6 Å². The van der Waals surface area contributed by atoms with Crippen LogP contribution in [0.3, 0.4) is 0 Å². The number of aryl methyl sites for hydroxylation is 2. The van der Waals surface area contributed by atoms with Gasteiger partial charge < -0.3 is 19.9 Å². The lowest BCUT2D eigenvalue weighted by atomic mass is 9.82. The second kappa shape index (κ2) is 22.0. The van der Waals surface area contributed by atoms with E-state index in [2.05, 4.69) is 56.8 Å². The van der Waals surface area contributed by atoms with Gasteiger partial charge in [-0.05, 0) is 100 Å². The smallest absolute Gasteiger partial charge is 0.399 e. The van der Waals surface area contributed by atoms with E-state index >= 15 is 0 Å². The van der Waals surface area contributed by atoms with Gasteiger partial charge in [0.25, 0.3) is 11.1 Å². The molecule has 0 unspecified atom stereocenters. The predicted octanol–water partition coefficient (Wildman–Crippen LogP) is 10.9. The molecule has 0 amide bonds. The van der Waals surface area contributed by atoms with Crippen LogP contribution in [0, 0.1) is 0 Å². The molecule has 8 aromatic heterocycles. The summed E-state index contributed by atoms with van der Waals surface area (Å²) in [6.45, 7) is 12.2. The molecule has 0 aliphatic carbocycles. The molecule has 1 fully saturated rings. The molecule has 22 heteroatoms. The van der Waals surface area contributed by atoms with E-state index in [0.29, 0.717) is 32.9 Å². The molecular formula is C58H54BClN14O4S2. The highest BCUT2D eigenvalue weighted by Gasteiger charge is 2.52. The van der Waals surface area contributed by atoms with E-state index in [4.69, 9.17) is 20.9 Å². The lowest BCUT2D eigenvalue weighted by molar-refractivity contribution is 0.00578. The number of anilines is 2. The number of fused-ring (bicyclic) bond motifs is 4. The molecular weight excluding hydrogens is 1070 g/mol. The second-order valence-electron chi connectivity index (χ2n) is 20.2. The highest BCUT2D eigenvalue weighted by molar-refractivity contribution is 7.16. The number of pyridine rings is 2. The molecule has 0 bridgehead atoms. The maximum Gasteiger partial charge on any atom is 0.498 e. The van der Waals surface area contributed by atoms with Crippen molar-refractivity contribution in [3.63, 3.8) is 0 Å². The predicted molar refractivity (Wildman–Crippen MR) is 320 cm³/mol. The summed E-state index contributed by atoms with van der Waals surface area (Å²) in [4.78, 5) is 55.4. The van der Waals surface area contributed by atoms with Crippen LogP contribution in [-0.2, 0) is 23.4 Å². The fourth-order valence-corrected chi connectivity index (χ4v) is 11.1. The largest absolute Gasteiger partial charge is 0.498 e.